The van der Waals surface area contributed by atoms with Gasteiger partial charge in [0.2, 0.25) is 0 Å². The van der Waals surface area contributed by atoms with Crippen molar-refractivity contribution in [3.8, 4) is 0 Å². The van der Waals surface area contributed by atoms with Gasteiger partial charge in [-0.2, -0.15) is 0 Å². The van der Waals surface area contributed by atoms with E-state index in [9.17, 15) is 13.2 Å². The van der Waals surface area contributed by atoms with E-state index in [-0.39, 0.29) is 18.2 Å². The highest BCUT2D eigenvalue weighted by atomic mass is 32.2. The van der Waals surface area contributed by atoms with Crippen LogP contribution in [0.15, 0.2) is 18.3 Å². The monoisotopic (exact) mass is 313 g/mol. The number of pyridine rings is 1. The van der Waals surface area contributed by atoms with Gasteiger partial charge in [-0.15, -0.1) is 11.3 Å². The maximum atomic E-state index is 12.3. The van der Waals surface area contributed by atoms with Gasteiger partial charge >= 0.3 is 0 Å². The molecule has 8 heteroatoms. The van der Waals surface area contributed by atoms with Crippen LogP contribution in [0.3, 0.4) is 0 Å². The Labute approximate surface area is 121 Å². The second kappa shape index (κ2) is 5.37. The van der Waals surface area contributed by atoms with E-state index >= 15 is 0 Å². The lowest BCUT2D eigenvalue weighted by molar-refractivity contribution is 0.0809. The highest BCUT2D eigenvalue weighted by molar-refractivity contribution is 7.90. The molecule has 0 unspecified atom stereocenters. The zero-order valence-corrected chi connectivity index (χ0v) is 12.8. The smallest absolute Gasteiger partial charge is 0.265 e. The number of nitrogens with two attached hydrogens (primary N) is 1. The first kappa shape index (κ1) is 14.7. The first-order valence-electron chi connectivity index (χ1n) is 5.86. The number of hydrogen-bond donors (Lipinski definition) is 1. The van der Waals surface area contributed by atoms with Crippen molar-refractivity contribution in [1.29, 1.82) is 0 Å². The van der Waals surface area contributed by atoms with E-state index in [1.54, 1.807) is 19.3 Å². The summed E-state index contributed by atoms with van der Waals surface area (Å²) in [5.74, 6) is -0.354. The predicted octanol–water partition coefficient (Wildman–Crippen LogP) is 0.995. The fourth-order valence-corrected chi connectivity index (χ4v) is 3.37. The number of aromatic nitrogens is 1. The lowest BCUT2D eigenvalue weighted by atomic mass is 10.3. The van der Waals surface area contributed by atoms with E-state index in [2.05, 4.69) is 4.98 Å². The molecule has 2 N–H and O–H groups in total. The molecule has 20 heavy (non-hydrogen) atoms. The molecule has 0 spiro atoms. The number of hydrogen-bond acceptors (Lipinski definition) is 6. The van der Waals surface area contributed by atoms with Crippen LogP contribution in [0.1, 0.15) is 9.67 Å². The summed E-state index contributed by atoms with van der Waals surface area (Å²) in [6.45, 7) is 0.138. The standard InChI is InChI=1S/C12H15N3O3S2/c1-15(6-7-20(2,17)18)12(16)11-9(13)10-8(19-11)4-3-5-14-10/h3-5H,6-7,13H2,1-2H3. The van der Waals surface area contributed by atoms with E-state index in [4.69, 9.17) is 5.73 Å². The Kier molecular flexibility index (Phi) is 3.96. The first-order chi connectivity index (χ1) is 9.29. The Bertz CT molecular complexity index is 752. The molecule has 0 saturated carbocycles. The Morgan fingerprint density at radius 2 is 2.20 bits per heavy atom. The van der Waals surface area contributed by atoms with Crippen LogP contribution in [0.4, 0.5) is 5.69 Å². The lowest BCUT2D eigenvalue weighted by Crippen LogP contribution is -2.31. The van der Waals surface area contributed by atoms with Crippen molar-refractivity contribution in [2.45, 2.75) is 0 Å². The van der Waals surface area contributed by atoms with Gasteiger partial charge in [0.1, 0.15) is 20.2 Å². The van der Waals surface area contributed by atoms with E-state index in [1.807, 2.05) is 6.07 Å². The molecule has 6 nitrogen and oxygen atoms in total. The number of nitrogen functional groups attached to an aromatic ring is 1. The first-order valence-corrected chi connectivity index (χ1v) is 8.73. The summed E-state index contributed by atoms with van der Waals surface area (Å²) in [6, 6.07) is 3.62. The molecule has 2 aromatic heterocycles. The molecule has 0 fully saturated rings. The Balaban J connectivity index is 2.25. The topological polar surface area (TPSA) is 93.4 Å². The van der Waals surface area contributed by atoms with E-state index < -0.39 is 9.84 Å². The van der Waals surface area contributed by atoms with E-state index in [0.717, 1.165) is 11.0 Å². The number of nitrogens with zero attached hydrogens (tertiary/aromatic N) is 2. The van der Waals surface area contributed by atoms with Gasteiger partial charge in [0, 0.05) is 26.0 Å². The van der Waals surface area contributed by atoms with Crippen LogP contribution in [-0.4, -0.2) is 49.8 Å². The average molecular weight is 313 g/mol. The van der Waals surface area contributed by atoms with Gasteiger partial charge in [0.05, 0.1) is 16.1 Å². The minimum Gasteiger partial charge on any atom is -0.396 e. The summed E-state index contributed by atoms with van der Waals surface area (Å²) in [4.78, 5) is 18.2. The lowest BCUT2D eigenvalue weighted by Gasteiger charge is -2.15. The van der Waals surface area contributed by atoms with Gasteiger partial charge in [0.15, 0.2) is 0 Å². The van der Waals surface area contributed by atoms with Gasteiger partial charge in [-0.25, -0.2) is 8.42 Å². The quantitative estimate of drug-likeness (QED) is 0.908. The third-order valence-electron chi connectivity index (χ3n) is 2.82. The second-order valence-electron chi connectivity index (χ2n) is 4.55. The maximum Gasteiger partial charge on any atom is 0.265 e. The van der Waals surface area contributed by atoms with Gasteiger partial charge < -0.3 is 10.6 Å². The van der Waals surface area contributed by atoms with Crippen LogP contribution in [0.2, 0.25) is 0 Å². The minimum absolute atomic E-state index is 0.0711. The number of carbonyl (C=O) groups is 1. The number of rotatable bonds is 4. The molecule has 2 rings (SSSR count). The molecule has 0 aliphatic rings. The third kappa shape index (κ3) is 3.07. The number of anilines is 1. The summed E-state index contributed by atoms with van der Waals surface area (Å²) in [5, 5.41) is 0. The van der Waals surface area contributed by atoms with Crippen LogP contribution in [0.5, 0.6) is 0 Å². The molecule has 108 valence electrons. The normalized spacial score (nSPS) is 11.7. The molecule has 2 heterocycles. The summed E-state index contributed by atoms with van der Waals surface area (Å²) < 4.78 is 23.1. The van der Waals surface area contributed by atoms with Crippen molar-refractivity contribution in [1.82, 2.24) is 9.88 Å². The van der Waals surface area contributed by atoms with Crippen molar-refractivity contribution < 1.29 is 13.2 Å². The molecule has 0 bridgehead atoms. The summed E-state index contributed by atoms with van der Waals surface area (Å²) in [6.07, 6.45) is 2.76. The predicted molar refractivity (Wildman–Crippen MR) is 80.7 cm³/mol. The maximum absolute atomic E-state index is 12.3. The number of carbonyl (C=O) groups excluding carboxylic acids is 1. The van der Waals surface area contributed by atoms with Crippen LogP contribution < -0.4 is 5.73 Å². The van der Waals surface area contributed by atoms with Gasteiger partial charge in [-0.3, -0.25) is 9.78 Å². The molecule has 0 radical (unpaired) electrons. The van der Waals surface area contributed by atoms with Crippen LogP contribution in [0.25, 0.3) is 10.2 Å². The molecule has 0 atom stereocenters. The summed E-state index contributed by atoms with van der Waals surface area (Å²) in [7, 11) is -1.54. The number of amides is 1. The fourth-order valence-electron chi connectivity index (χ4n) is 1.68. The van der Waals surface area contributed by atoms with Crippen molar-refractivity contribution in [3.63, 3.8) is 0 Å². The van der Waals surface area contributed by atoms with Crippen molar-refractivity contribution in [2.24, 2.45) is 0 Å². The molecule has 0 aliphatic heterocycles. The number of thiophene rings is 1. The Morgan fingerprint density at radius 1 is 1.50 bits per heavy atom. The molecule has 0 aliphatic carbocycles. The Hall–Kier alpha value is -1.67. The van der Waals surface area contributed by atoms with Crippen LogP contribution in [-0.2, 0) is 9.84 Å². The van der Waals surface area contributed by atoms with E-state index in [1.165, 1.54) is 16.2 Å². The van der Waals surface area contributed by atoms with Crippen LogP contribution in [0, 0.1) is 0 Å². The van der Waals surface area contributed by atoms with E-state index in [0.29, 0.717) is 16.1 Å². The third-order valence-corrected chi connectivity index (χ3v) is 4.89. The minimum atomic E-state index is -3.10. The Morgan fingerprint density at radius 3 is 2.80 bits per heavy atom. The van der Waals surface area contributed by atoms with Gasteiger partial charge in [0.25, 0.3) is 5.91 Å². The SMILES string of the molecule is CN(CCS(C)(=O)=O)C(=O)c1sc2cccnc2c1N. The average Bonchev–Trinajstić information content (AvgIpc) is 2.72. The molecular weight excluding hydrogens is 298 g/mol. The van der Waals surface area contributed by atoms with Crippen molar-refractivity contribution in [3.05, 3.63) is 23.2 Å². The fraction of sp³-hybridized carbons (Fsp3) is 0.333. The molecule has 0 aromatic carbocycles. The van der Waals surface area contributed by atoms with Crippen molar-refractivity contribution >= 4 is 43.0 Å². The number of fused-ring (bicyclic) bond motifs is 1. The second-order valence-corrected chi connectivity index (χ2v) is 7.86. The van der Waals surface area contributed by atoms with Gasteiger partial charge in [-0.1, -0.05) is 0 Å². The zero-order chi connectivity index (χ0) is 14.9. The summed E-state index contributed by atoms with van der Waals surface area (Å²) >= 11 is 1.27. The molecule has 2 aromatic rings. The molecular formula is C12H15N3O3S2. The summed E-state index contributed by atoms with van der Waals surface area (Å²) in [5.41, 5.74) is 6.90. The van der Waals surface area contributed by atoms with Crippen LogP contribution >= 0.6 is 11.3 Å². The molecule has 0 saturated heterocycles. The highest BCUT2D eigenvalue weighted by Gasteiger charge is 2.20. The largest absolute Gasteiger partial charge is 0.396 e. The van der Waals surface area contributed by atoms with Gasteiger partial charge in [-0.05, 0) is 12.1 Å². The van der Waals surface area contributed by atoms with Crippen molar-refractivity contribution in [2.75, 3.05) is 31.3 Å². The molecule has 1 amide bonds. The zero-order valence-electron chi connectivity index (χ0n) is 11.2. The highest BCUT2D eigenvalue weighted by Crippen LogP contribution is 2.32. The number of sulfone groups is 1.